The monoisotopic (exact) mass is 358 g/mol. The molecule has 24 heavy (non-hydrogen) atoms. The molecule has 1 atom stereocenters. The number of sulfonamides is 1. The van der Waals surface area contributed by atoms with Crippen LogP contribution in [-0.2, 0) is 14.8 Å². The number of piperidine rings is 1. The molecule has 1 saturated heterocycles. The van der Waals surface area contributed by atoms with Gasteiger partial charge in [-0.2, -0.15) is 4.31 Å². The van der Waals surface area contributed by atoms with Gasteiger partial charge in [-0.3, -0.25) is 9.59 Å². The van der Waals surface area contributed by atoms with Crippen molar-refractivity contribution in [3.8, 4) is 0 Å². The Balaban J connectivity index is 2.31. The van der Waals surface area contributed by atoms with Gasteiger partial charge in [0.1, 0.15) is 16.8 Å². The second-order valence-electron chi connectivity index (χ2n) is 5.64. The summed E-state index contributed by atoms with van der Waals surface area (Å²) in [6, 6.07) is 1.82. The number of carboxylic acids is 1. The summed E-state index contributed by atoms with van der Waals surface area (Å²) in [5.74, 6) is -2.95. The molecule has 1 aliphatic heterocycles. The van der Waals surface area contributed by atoms with Crippen LogP contribution in [0.1, 0.15) is 36.5 Å². The number of hydrogen-bond acceptors (Lipinski definition) is 4. The predicted octanol–water partition coefficient (Wildman–Crippen LogP) is 1.20. The lowest BCUT2D eigenvalue weighted by atomic mass is 10.2. The molecule has 7 nitrogen and oxygen atoms in total. The average molecular weight is 358 g/mol. The largest absolute Gasteiger partial charge is 0.480 e. The fourth-order valence-electron chi connectivity index (χ4n) is 2.43. The molecule has 1 aliphatic rings. The first-order chi connectivity index (χ1) is 11.2. The molecule has 1 heterocycles. The van der Waals surface area contributed by atoms with Gasteiger partial charge in [-0.05, 0) is 38.0 Å². The summed E-state index contributed by atoms with van der Waals surface area (Å²) in [6.07, 6.45) is 2.33. The molecule has 2 N–H and O–H groups in total. The van der Waals surface area contributed by atoms with E-state index in [9.17, 15) is 22.4 Å². The summed E-state index contributed by atoms with van der Waals surface area (Å²) < 4.78 is 40.4. The number of hydrogen-bond donors (Lipinski definition) is 2. The van der Waals surface area contributed by atoms with Gasteiger partial charge in [0.25, 0.3) is 5.91 Å². The van der Waals surface area contributed by atoms with Crippen molar-refractivity contribution in [1.82, 2.24) is 9.62 Å². The van der Waals surface area contributed by atoms with E-state index in [2.05, 4.69) is 5.32 Å². The maximum absolute atomic E-state index is 14.0. The standard InChI is InChI=1S/C15H19FN2O5S/c1-10(15(20)21)17-14(19)11-5-6-12(16)13(9-11)24(22,23)18-7-3-2-4-8-18/h5-6,9-10H,2-4,7-8H2,1H3,(H,17,19)(H,20,21)/t10-/m1/s1. The Morgan fingerprint density at radius 1 is 1.25 bits per heavy atom. The first-order valence-corrected chi connectivity index (χ1v) is 9.01. The van der Waals surface area contributed by atoms with Gasteiger partial charge in [-0.25, -0.2) is 12.8 Å². The zero-order valence-corrected chi connectivity index (χ0v) is 14.0. The topological polar surface area (TPSA) is 104 Å². The molecular weight excluding hydrogens is 339 g/mol. The number of aliphatic carboxylic acids is 1. The van der Waals surface area contributed by atoms with Crippen LogP contribution in [0.25, 0.3) is 0 Å². The van der Waals surface area contributed by atoms with Crippen molar-refractivity contribution in [2.75, 3.05) is 13.1 Å². The highest BCUT2D eigenvalue weighted by atomic mass is 32.2. The van der Waals surface area contributed by atoms with Gasteiger partial charge in [-0.1, -0.05) is 6.42 Å². The summed E-state index contributed by atoms with van der Waals surface area (Å²) in [7, 11) is -4.03. The zero-order chi connectivity index (χ0) is 17.9. The molecule has 1 aromatic rings. The van der Waals surface area contributed by atoms with Crippen LogP contribution >= 0.6 is 0 Å². The quantitative estimate of drug-likeness (QED) is 0.823. The lowest BCUT2D eigenvalue weighted by molar-refractivity contribution is -0.138. The van der Waals surface area contributed by atoms with Crippen LogP contribution in [-0.4, -0.2) is 48.8 Å². The van der Waals surface area contributed by atoms with Gasteiger partial charge in [0.2, 0.25) is 10.0 Å². The van der Waals surface area contributed by atoms with Crippen molar-refractivity contribution in [2.24, 2.45) is 0 Å². The Morgan fingerprint density at radius 3 is 2.46 bits per heavy atom. The number of carbonyl (C=O) groups excluding carboxylic acids is 1. The maximum Gasteiger partial charge on any atom is 0.325 e. The minimum atomic E-state index is -4.03. The fraction of sp³-hybridized carbons (Fsp3) is 0.467. The number of rotatable bonds is 5. The highest BCUT2D eigenvalue weighted by Crippen LogP contribution is 2.24. The van der Waals surface area contributed by atoms with E-state index in [1.165, 1.54) is 11.2 Å². The Bertz CT molecular complexity index is 744. The van der Waals surface area contributed by atoms with Crippen molar-refractivity contribution in [3.05, 3.63) is 29.6 Å². The highest BCUT2D eigenvalue weighted by Gasteiger charge is 2.29. The first-order valence-electron chi connectivity index (χ1n) is 7.57. The normalized spacial score (nSPS) is 17.2. The summed E-state index contributed by atoms with van der Waals surface area (Å²) >= 11 is 0. The van der Waals surface area contributed by atoms with E-state index in [4.69, 9.17) is 5.11 Å². The Morgan fingerprint density at radius 2 is 1.88 bits per heavy atom. The fourth-order valence-corrected chi connectivity index (χ4v) is 4.04. The number of carbonyl (C=O) groups is 2. The minimum absolute atomic E-state index is 0.111. The number of amides is 1. The Kier molecular flexibility index (Phi) is 5.55. The van der Waals surface area contributed by atoms with Crippen molar-refractivity contribution >= 4 is 21.9 Å². The number of carboxylic acid groups (broad SMARTS) is 1. The molecule has 0 aromatic heterocycles. The minimum Gasteiger partial charge on any atom is -0.480 e. The van der Waals surface area contributed by atoms with E-state index < -0.39 is 38.7 Å². The van der Waals surface area contributed by atoms with Crippen LogP contribution in [0, 0.1) is 5.82 Å². The zero-order valence-electron chi connectivity index (χ0n) is 13.2. The number of nitrogens with one attached hydrogen (secondary N) is 1. The number of benzene rings is 1. The molecule has 0 bridgehead atoms. The van der Waals surface area contributed by atoms with E-state index in [0.29, 0.717) is 25.9 Å². The van der Waals surface area contributed by atoms with Crippen molar-refractivity contribution in [3.63, 3.8) is 0 Å². The third-order valence-electron chi connectivity index (χ3n) is 3.84. The molecular formula is C15H19FN2O5S. The Labute approximate surface area is 139 Å². The molecule has 0 unspecified atom stereocenters. The molecule has 132 valence electrons. The van der Waals surface area contributed by atoms with Crippen LogP contribution in [0.2, 0.25) is 0 Å². The SMILES string of the molecule is C[C@@H](NC(=O)c1ccc(F)c(S(=O)(=O)N2CCCCC2)c1)C(=O)O. The van der Waals surface area contributed by atoms with E-state index in [1.807, 2.05) is 0 Å². The molecule has 9 heteroatoms. The molecule has 0 radical (unpaired) electrons. The van der Waals surface area contributed by atoms with Crippen LogP contribution < -0.4 is 5.32 Å². The molecule has 1 amide bonds. The lowest BCUT2D eigenvalue weighted by Crippen LogP contribution is -2.38. The van der Waals surface area contributed by atoms with Crippen molar-refractivity contribution < 1.29 is 27.5 Å². The van der Waals surface area contributed by atoms with Crippen LogP contribution in [0.15, 0.2) is 23.1 Å². The summed E-state index contributed by atoms with van der Waals surface area (Å²) in [5, 5.41) is 11.0. The van der Waals surface area contributed by atoms with Gasteiger partial charge in [0.05, 0.1) is 0 Å². The molecule has 0 saturated carbocycles. The molecule has 0 spiro atoms. The lowest BCUT2D eigenvalue weighted by Gasteiger charge is -2.26. The Hall–Kier alpha value is -2.00. The van der Waals surface area contributed by atoms with E-state index >= 15 is 0 Å². The van der Waals surface area contributed by atoms with Gasteiger partial charge in [0, 0.05) is 18.7 Å². The van der Waals surface area contributed by atoms with E-state index in [1.54, 1.807) is 0 Å². The van der Waals surface area contributed by atoms with Crippen LogP contribution in [0.3, 0.4) is 0 Å². The summed E-state index contributed by atoms with van der Waals surface area (Å²) in [4.78, 5) is 22.2. The molecule has 2 rings (SSSR count). The van der Waals surface area contributed by atoms with Crippen molar-refractivity contribution in [2.45, 2.75) is 37.1 Å². The van der Waals surface area contributed by atoms with Crippen molar-refractivity contribution in [1.29, 1.82) is 0 Å². The summed E-state index contributed by atoms with van der Waals surface area (Å²) in [6.45, 7) is 1.90. The molecule has 1 fully saturated rings. The second kappa shape index (κ2) is 7.27. The summed E-state index contributed by atoms with van der Waals surface area (Å²) in [5.41, 5.74) is -0.111. The molecule has 0 aliphatic carbocycles. The maximum atomic E-state index is 14.0. The smallest absolute Gasteiger partial charge is 0.325 e. The van der Waals surface area contributed by atoms with Gasteiger partial charge < -0.3 is 10.4 Å². The van der Waals surface area contributed by atoms with Crippen LogP contribution in [0.5, 0.6) is 0 Å². The van der Waals surface area contributed by atoms with E-state index in [-0.39, 0.29) is 5.56 Å². The third-order valence-corrected chi connectivity index (χ3v) is 5.76. The highest BCUT2D eigenvalue weighted by molar-refractivity contribution is 7.89. The van der Waals surface area contributed by atoms with E-state index in [0.717, 1.165) is 24.6 Å². The second-order valence-corrected chi connectivity index (χ2v) is 7.55. The number of nitrogens with zero attached hydrogens (tertiary/aromatic N) is 1. The molecule has 1 aromatic carbocycles. The predicted molar refractivity (Wildman–Crippen MR) is 83.6 cm³/mol. The van der Waals surface area contributed by atoms with Crippen LogP contribution in [0.4, 0.5) is 4.39 Å². The van der Waals surface area contributed by atoms with Gasteiger partial charge in [0.15, 0.2) is 0 Å². The first kappa shape index (κ1) is 18.3. The number of halogens is 1. The average Bonchev–Trinajstić information content (AvgIpc) is 2.55. The van der Waals surface area contributed by atoms with Gasteiger partial charge >= 0.3 is 5.97 Å². The third kappa shape index (κ3) is 3.90. The van der Waals surface area contributed by atoms with Gasteiger partial charge in [-0.15, -0.1) is 0 Å².